The molecule has 0 atom stereocenters. The molecule has 0 radical (unpaired) electrons. The molecule has 2 rings (SSSR count). The highest BCUT2D eigenvalue weighted by Crippen LogP contribution is 2.39. The van der Waals surface area contributed by atoms with E-state index in [9.17, 15) is 0 Å². The van der Waals surface area contributed by atoms with Crippen molar-refractivity contribution < 1.29 is 4.52 Å². The van der Waals surface area contributed by atoms with Gasteiger partial charge in [-0.25, -0.2) is 0 Å². The van der Waals surface area contributed by atoms with Crippen LogP contribution < -0.4 is 5.73 Å². The Labute approximate surface area is 128 Å². The number of hydrogen-bond donors (Lipinski definition) is 1. The molecule has 2 N–H and O–H groups in total. The number of nitrogens with two attached hydrogens (primary N) is 1. The fraction of sp³-hybridized carbons (Fsp3) is 0.882. The Balaban J connectivity index is 2.08. The van der Waals surface area contributed by atoms with Crippen molar-refractivity contribution in [1.29, 1.82) is 0 Å². The second-order valence-corrected chi connectivity index (χ2v) is 8.16. The second-order valence-electron chi connectivity index (χ2n) is 8.16. The first-order valence-corrected chi connectivity index (χ1v) is 8.26. The molecule has 0 unspecified atom stereocenters. The second kappa shape index (κ2) is 5.71. The van der Waals surface area contributed by atoms with Crippen molar-refractivity contribution in [3.8, 4) is 0 Å². The summed E-state index contributed by atoms with van der Waals surface area (Å²) in [5, 5.41) is 4.25. The molecule has 0 aromatic carbocycles. The zero-order valence-corrected chi connectivity index (χ0v) is 14.4. The molecule has 1 heterocycles. The van der Waals surface area contributed by atoms with Crippen LogP contribution in [0.5, 0.6) is 0 Å². The van der Waals surface area contributed by atoms with Crippen LogP contribution in [0.4, 0.5) is 0 Å². The summed E-state index contributed by atoms with van der Waals surface area (Å²) in [5.41, 5.74) is 5.53. The normalized spacial score (nSPS) is 24.6. The molecule has 0 aliphatic heterocycles. The first-order valence-electron chi connectivity index (χ1n) is 8.26. The number of aromatic nitrogens is 2. The van der Waals surface area contributed by atoms with E-state index in [0.29, 0.717) is 11.8 Å². The smallest absolute Gasteiger partial charge is 0.234 e. The average molecular weight is 293 g/mol. The first-order chi connectivity index (χ1) is 9.63. The van der Waals surface area contributed by atoms with Crippen molar-refractivity contribution in [2.75, 3.05) is 0 Å². The van der Waals surface area contributed by atoms with Crippen LogP contribution in [0.1, 0.15) is 84.9 Å². The van der Waals surface area contributed by atoms with Gasteiger partial charge in [-0.3, -0.25) is 0 Å². The lowest BCUT2D eigenvalue weighted by Gasteiger charge is -2.34. The van der Waals surface area contributed by atoms with Gasteiger partial charge in [-0.15, -0.1) is 0 Å². The minimum Gasteiger partial charge on any atom is -0.339 e. The molecule has 1 aliphatic carbocycles. The lowest BCUT2D eigenvalue weighted by molar-refractivity contribution is 0.221. The Morgan fingerprint density at radius 3 is 2.14 bits per heavy atom. The van der Waals surface area contributed by atoms with Gasteiger partial charge in [-0.05, 0) is 65.2 Å². The Morgan fingerprint density at radius 1 is 1.10 bits per heavy atom. The SMILES string of the molecule is CC(C)C1CCC(c2noc(C(C)(C)C(C)(C)N)n2)CC1. The molecular weight excluding hydrogens is 262 g/mol. The quantitative estimate of drug-likeness (QED) is 0.910. The fourth-order valence-electron chi connectivity index (χ4n) is 2.97. The van der Waals surface area contributed by atoms with Crippen LogP contribution in [0.3, 0.4) is 0 Å². The summed E-state index contributed by atoms with van der Waals surface area (Å²) in [7, 11) is 0. The summed E-state index contributed by atoms with van der Waals surface area (Å²) in [6, 6.07) is 0. The molecule has 0 amide bonds. The van der Waals surface area contributed by atoms with E-state index in [2.05, 4.69) is 37.8 Å². The van der Waals surface area contributed by atoms with E-state index >= 15 is 0 Å². The Hall–Kier alpha value is -0.900. The summed E-state index contributed by atoms with van der Waals surface area (Å²) >= 11 is 0. The minimum atomic E-state index is -0.397. The van der Waals surface area contributed by atoms with Crippen LogP contribution in [0, 0.1) is 11.8 Å². The average Bonchev–Trinajstić information content (AvgIpc) is 2.87. The molecule has 1 aromatic rings. The highest BCUT2D eigenvalue weighted by Gasteiger charge is 2.40. The molecule has 0 saturated heterocycles. The number of rotatable bonds is 4. The standard InChI is InChI=1S/C17H31N3O/c1-11(2)12-7-9-13(10-8-12)14-19-15(21-20-14)16(3,4)17(5,6)18/h11-13H,7-10,18H2,1-6H3. The van der Waals surface area contributed by atoms with Crippen molar-refractivity contribution >= 4 is 0 Å². The van der Waals surface area contributed by atoms with Crippen LogP contribution in [-0.2, 0) is 5.41 Å². The molecule has 120 valence electrons. The van der Waals surface area contributed by atoms with Gasteiger partial charge in [-0.2, -0.15) is 4.98 Å². The van der Waals surface area contributed by atoms with Gasteiger partial charge in [0.05, 0.1) is 5.41 Å². The summed E-state index contributed by atoms with van der Waals surface area (Å²) in [6.45, 7) is 12.8. The van der Waals surface area contributed by atoms with E-state index in [1.165, 1.54) is 25.7 Å². The molecule has 1 fully saturated rings. The van der Waals surface area contributed by atoms with Gasteiger partial charge < -0.3 is 10.3 Å². The molecular formula is C17H31N3O. The molecule has 0 bridgehead atoms. The highest BCUT2D eigenvalue weighted by molar-refractivity contribution is 5.12. The van der Waals surface area contributed by atoms with Gasteiger partial charge in [0.1, 0.15) is 0 Å². The Morgan fingerprint density at radius 2 is 1.67 bits per heavy atom. The zero-order valence-electron chi connectivity index (χ0n) is 14.4. The lowest BCUT2D eigenvalue weighted by atomic mass is 9.75. The fourth-order valence-corrected chi connectivity index (χ4v) is 2.97. The molecule has 21 heavy (non-hydrogen) atoms. The van der Waals surface area contributed by atoms with Crippen LogP contribution >= 0.6 is 0 Å². The van der Waals surface area contributed by atoms with E-state index in [-0.39, 0.29) is 5.41 Å². The summed E-state index contributed by atoms with van der Waals surface area (Å²) < 4.78 is 5.54. The molecule has 1 aromatic heterocycles. The Kier molecular flexibility index (Phi) is 4.48. The van der Waals surface area contributed by atoms with Gasteiger partial charge >= 0.3 is 0 Å². The summed E-state index contributed by atoms with van der Waals surface area (Å²) in [4.78, 5) is 4.68. The van der Waals surface area contributed by atoms with E-state index in [1.807, 2.05) is 13.8 Å². The third-order valence-corrected chi connectivity index (χ3v) is 5.67. The van der Waals surface area contributed by atoms with Crippen molar-refractivity contribution in [3.05, 3.63) is 11.7 Å². The van der Waals surface area contributed by atoms with Gasteiger partial charge in [0.25, 0.3) is 0 Å². The topological polar surface area (TPSA) is 64.9 Å². The van der Waals surface area contributed by atoms with E-state index in [0.717, 1.165) is 17.7 Å². The molecule has 1 aliphatic rings. The van der Waals surface area contributed by atoms with Gasteiger partial charge in [-0.1, -0.05) is 19.0 Å². The van der Waals surface area contributed by atoms with E-state index < -0.39 is 5.54 Å². The maximum atomic E-state index is 6.26. The Bertz CT molecular complexity index is 463. The van der Waals surface area contributed by atoms with Crippen molar-refractivity contribution in [2.24, 2.45) is 17.6 Å². The van der Waals surface area contributed by atoms with E-state index in [4.69, 9.17) is 10.3 Å². The van der Waals surface area contributed by atoms with Crippen LogP contribution in [0.2, 0.25) is 0 Å². The third-order valence-electron chi connectivity index (χ3n) is 5.67. The first kappa shape index (κ1) is 16.5. The lowest BCUT2D eigenvalue weighted by Crippen LogP contribution is -2.50. The predicted octanol–water partition coefficient (Wildman–Crippen LogP) is 4.01. The van der Waals surface area contributed by atoms with Gasteiger partial charge in [0.15, 0.2) is 5.82 Å². The maximum absolute atomic E-state index is 6.26. The summed E-state index contributed by atoms with van der Waals surface area (Å²) in [5.74, 6) is 3.63. The predicted molar refractivity (Wildman–Crippen MR) is 85.1 cm³/mol. The highest BCUT2D eigenvalue weighted by atomic mass is 16.5. The number of nitrogens with zero attached hydrogens (tertiary/aromatic N) is 2. The van der Waals surface area contributed by atoms with Crippen LogP contribution in [0.25, 0.3) is 0 Å². The number of hydrogen-bond acceptors (Lipinski definition) is 4. The van der Waals surface area contributed by atoms with Crippen LogP contribution in [-0.4, -0.2) is 15.7 Å². The molecule has 4 heteroatoms. The maximum Gasteiger partial charge on any atom is 0.234 e. The minimum absolute atomic E-state index is 0.326. The largest absolute Gasteiger partial charge is 0.339 e. The monoisotopic (exact) mass is 293 g/mol. The summed E-state index contributed by atoms with van der Waals surface area (Å²) in [6.07, 6.45) is 4.90. The van der Waals surface area contributed by atoms with Gasteiger partial charge in [0.2, 0.25) is 5.89 Å². The molecule has 1 saturated carbocycles. The molecule has 4 nitrogen and oxygen atoms in total. The third kappa shape index (κ3) is 3.31. The van der Waals surface area contributed by atoms with Gasteiger partial charge in [0, 0.05) is 11.5 Å². The van der Waals surface area contributed by atoms with Crippen molar-refractivity contribution in [2.45, 2.75) is 84.1 Å². The van der Waals surface area contributed by atoms with Crippen molar-refractivity contribution in [1.82, 2.24) is 10.1 Å². The van der Waals surface area contributed by atoms with Crippen LogP contribution in [0.15, 0.2) is 4.52 Å². The zero-order chi connectivity index (χ0) is 15.8. The molecule has 0 spiro atoms. The van der Waals surface area contributed by atoms with E-state index in [1.54, 1.807) is 0 Å². The van der Waals surface area contributed by atoms with Crippen molar-refractivity contribution in [3.63, 3.8) is 0 Å².